The molecule has 9 heteroatoms. The van der Waals surface area contributed by atoms with Gasteiger partial charge in [-0.3, -0.25) is 4.79 Å². The fraction of sp³-hybridized carbons (Fsp3) is 0.333. The lowest BCUT2D eigenvalue weighted by Crippen LogP contribution is -2.55. The molecule has 1 aliphatic heterocycles. The Morgan fingerprint density at radius 2 is 2.19 bits per heavy atom. The molecule has 6 nitrogen and oxygen atoms in total. The first-order valence-corrected chi connectivity index (χ1v) is 8.13. The van der Waals surface area contributed by atoms with Crippen molar-refractivity contribution in [3.63, 3.8) is 0 Å². The maximum atomic E-state index is 13.1. The molecule has 2 heterocycles. The van der Waals surface area contributed by atoms with E-state index < -0.39 is 0 Å². The molecule has 3 rings (SSSR count). The van der Waals surface area contributed by atoms with Gasteiger partial charge in [0.05, 0.1) is 12.7 Å². The number of hydrogen-bond acceptors (Lipinski definition) is 5. The number of halogens is 3. The van der Waals surface area contributed by atoms with Crippen molar-refractivity contribution < 1.29 is 18.7 Å². The van der Waals surface area contributed by atoms with E-state index in [4.69, 9.17) is 9.47 Å². The Balaban J connectivity index is 0.00000182. The van der Waals surface area contributed by atoms with E-state index >= 15 is 0 Å². The largest absolute Gasteiger partial charge is 0.439 e. The molecule has 0 aliphatic carbocycles. The molecule has 2 atom stereocenters. The van der Waals surface area contributed by atoms with Crippen LogP contribution in [0.15, 0.2) is 42.6 Å². The van der Waals surface area contributed by atoms with Crippen molar-refractivity contribution in [2.24, 2.45) is 0 Å². The van der Waals surface area contributed by atoms with Crippen molar-refractivity contribution in [3.8, 4) is 11.6 Å². The van der Waals surface area contributed by atoms with Gasteiger partial charge in [-0.25, -0.2) is 9.37 Å². The van der Waals surface area contributed by atoms with Gasteiger partial charge in [0.1, 0.15) is 17.6 Å². The molecule has 1 aromatic heterocycles. The summed E-state index contributed by atoms with van der Waals surface area (Å²) in [5.41, 5.74) is 0.837. The number of rotatable bonds is 5. The molecule has 2 aromatic rings. The second kappa shape index (κ2) is 11.0. The maximum Gasteiger partial charge on any atom is 0.240 e. The zero-order valence-corrected chi connectivity index (χ0v) is 16.3. The van der Waals surface area contributed by atoms with Gasteiger partial charge in [0.15, 0.2) is 0 Å². The highest BCUT2D eigenvalue weighted by molar-refractivity contribution is 5.85. The third kappa shape index (κ3) is 6.62. The minimum Gasteiger partial charge on any atom is -0.439 e. The van der Waals surface area contributed by atoms with Crippen LogP contribution in [0.2, 0.25) is 0 Å². The summed E-state index contributed by atoms with van der Waals surface area (Å²) >= 11 is 0. The molecule has 0 bridgehead atoms. The van der Waals surface area contributed by atoms with Crippen molar-refractivity contribution in [1.29, 1.82) is 0 Å². The lowest BCUT2D eigenvalue weighted by Gasteiger charge is -2.29. The predicted octanol–water partition coefficient (Wildman–Crippen LogP) is 2.85. The summed E-state index contributed by atoms with van der Waals surface area (Å²) in [4.78, 5) is 16.4. The van der Waals surface area contributed by atoms with Crippen LogP contribution in [0.1, 0.15) is 12.5 Å². The third-order valence-electron chi connectivity index (χ3n) is 3.88. The summed E-state index contributed by atoms with van der Waals surface area (Å²) in [6.45, 7) is 3.51. The first kappa shape index (κ1) is 23.1. The van der Waals surface area contributed by atoms with Gasteiger partial charge >= 0.3 is 0 Å². The average Bonchev–Trinajstić information content (AvgIpc) is 2.61. The zero-order valence-electron chi connectivity index (χ0n) is 14.7. The molecular weight excluding hydrogens is 396 g/mol. The van der Waals surface area contributed by atoms with Gasteiger partial charge in [0.25, 0.3) is 0 Å². The van der Waals surface area contributed by atoms with E-state index in [-0.39, 0.29) is 48.7 Å². The number of pyridine rings is 1. The Hall–Kier alpha value is -1.93. The number of ether oxygens (including phenoxy) is 2. The smallest absolute Gasteiger partial charge is 0.240 e. The highest BCUT2D eigenvalue weighted by Gasteiger charge is 2.27. The van der Waals surface area contributed by atoms with Crippen molar-refractivity contribution in [2.75, 3.05) is 13.2 Å². The summed E-state index contributed by atoms with van der Waals surface area (Å²) in [7, 11) is 0. The second-order valence-electron chi connectivity index (χ2n) is 5.79. The molecule has 0 saturated carbocycles. The van der Waals surface area contributed by atoms with Gasteiger partial charge in [-0.15, -0.1) is 24.8 Å². The van der Waals surface area contributed by atoms with Gasteiger partial charge in [-0.05, 0) is 24.6 Å². The van der Waals surface area contributed by atoms with Crippen molar-refractivity contribution in [3.05, 3.63) is 54.0 Å². The molecule has 1 aromatic carbocycles. The number of nitrogens with one attached hydrogen (secondary N) is 2. The van der Waals surface area contributed by atoms with Crippen LogP contribution in [0.5, 0.6) is 11.6 Å². The summed E-state index contributed by atoms with van der Waals surface area (Å²) in [5, 5.41) is 6.01. The van der Waals surface area contributed by atoms with Crippen LogP contribution < -0.4 is 15.4 Å². The summed E-state index contributed by atoms with van der Waals surface area (Å²) in [6.07, 6.45) is 1.46. The molecule has 0 unspecified atom stereocenters. The van der Waals surface area contributed by atoms with Crippen molar-refractivity contribution >= 4 is 30.7 Å². The lowest BCUT2D eigenvalue weighted by atomic mass is 10.1. The van der Waals surface area contributed by atoms with Gasteiger partial charge in [0.2, 0.25) is 11.8 Å². The molecule has 1 aliphatic rings. The highest BCUT2D eigenvalue weighted by Crippen LogP contribution is 2.20. The van der Waals surface area contributed by atoms with E-state index in [0.29, 0.717) is 31.3 Å². The minimum atomic E-state index is -0.369. The Bertz CT molecular complexity index is 734. The summed E-state index contributed by atoms with van der Waals surface area (Å²) < 4.78 is 24.1. The van der Waals surface area contributed by atoms with Crippen LogP contribution >= 0.6 is 24.8 Å². The SMILES string of the molecule is C[C@H]1OCCN[C@@H]1C(=O)NCc1ccc(Oc2cccc(F)c2)nc1.Cl.Cl. The Labute approximate surface area is 169 Å². The van der Waals surface area contributed by atoms with Crippen LogP contribution in [-0.2, 0) is 16.1 Å². The number of carbonyl (C=O) groups is 1. The van der Waals surface area contributed by atoms with Crippen LogP contribution in [0.25, 0.3) is 0 Å². The number of amides is 1. The normalized spacial score (nSPS) is 18.6. The van der Waals surface area contributed by atoms with Crippen LogP contribution in [0.3, 0.4) is 0 Å². The quantitative estimate of drug-likeness (QED) is 0.782. The summed E-state index contributed by atoms with van der Waals surface area (Å²) in [5.74, 6) is 0.265. The molecule has 27 heavy (non-hydrogen) atoms. The molecule has 1 fully saturated rings. The number of hydrogen-bond donors (Lipinski definition) is 2. The van der Waals surface area contributed by atoms with Gasteiger partial charge < -0.3 is 20.1 Å². The number of nitrogens with zero attached hydrogens (tertiary/aromatic N) is 1. The van der Waals surface area contributed by atoms with E-state index in [0.717, 1.165) is 5.56 Å². The number of carbonyl (C=O) groups excluding carboxylic acids is 1. The molecule has 1 amide bonds. The average molecular weight is 418 g/mol. The first-order chi connectivity index (χ1) is 12.1. The fourth-order valence-corrected chi connectivity index (χ4v) is 2.55. The molecule has 2 N–H and O–H groups in total. The van der Waals surface area contributed by atoms with E-state index in [1.165, 1.54) is 12.1 Å². The van der Waals surface area contributed by atoms with E-state index in [9.17, 15) is 9.18 Å². The monoisotopic (exact) mass is 417 g/mol. The van der Waals surface area contributed by atoms with Crippen LogP contribution in [-0.4, -0.2) is 36.2 Å². The Morgan fingerprint density at radius 3 is 2.85 bits per heavy atom. The molecule has 1 saturated heterocycles. The minimum absolute atomic E-state index is 0. The standard InChI is InChI=1S/C18H20FN3O3.2ClH/c1-12-17(20-7-8-24-12)18(23)22-11-13-5-6-16(21-10-13)25-15-4-2-3-14(19)9-15;;/h2-6,9-10,12,17,20H,7-8,11H2,1H3,(H,22,23);2*1H/t12-,17+;;/m1../s1. The zero-order chi connectivity index (χ0) is 17.6. The summed E-state index contributed by atoms with van der Waals surface area (Å²) in [6, 6.07) is 8.98. The predicted molar refractivity (Wildman–Crippen MR) is 104 cm³/mol. The van der Waals surface area contributed by atoms with Crippen molar-refractivity contribution in [1.82, 2.24) is 15.6 Å². The molecule has 148 valence electrons. The number of aromatic nitrogens is 1. The van der Waals surface area contributed by atoms with Crippen LogP contribution in [0.4, 0.5) is 4.39 Å². The Morgan fingerprint density at radius 1 is 1.37 bits per heavy atom. The molecule has 0 radical (unpaired) electrons. The highest BCUT2D eigenvalue weighted by atomic mass is 35.5. The first-order valence-electron chi connectivity index (χ1n) is 8.13. The van der Waals surface area contributed by atoms with E-state index in [2.05, 4.69) is 15.6 Å². The van der Waals surface area contributed by atoms with E-state index in [1.54, 1.807) is 30.5 Å². The molecular formula is C18H22Cl2FN3O3. The Kier molecular flexibility index (Phi) is 9.45. The van der Waals surface area contributed by atoms with Crippen LogP contribution in [0, 0.1) is 5.82 Å². The number of benzene rings is 1. The van der Waals surface area contributed by atoms with Gasteiger partial charge in [0, 0.05) is 31.4 Å². The fourth-order valence-electron chi connectivity index (χ4n) is 2.55. The van der Waals surface area contributed by atoms with E-state index in [1.807, 2.05) is 6.92 Å². The number of morpholine rings is 1. The van der Waals surface area contributed by atoms with Gasteiger partial charge in [-0.1, -0.05) is 12.1 Å². The second-order valence-corrected chi connectivity index (χ2v) is 5.79. The third-order valence-corrected chi connectivity index (χ3v) is 3.88. The molecule has 0 spiro atoms. The van der Waals surface area contributed by atoms with Crippen molar-refractivity contribution in [2.45, 2.75) is 25.6 Å². The van der Waals surface area contributed by atoms with Gasteiger partial charge in [-0.2, -0.15) is 0 Å². The maximum absolute atomic E-state index is 13.1. The lowest BCUT2D eigenvalue weighted by molar-refractivity contribution is -0.129. The topological polar surface area (TPSA) is 72.5 Å².